The Labute approximate surface area is 192 Å². The number of allylic oxidation sites excluding steroid dienone is 4. The highest BCUT2D eigenvalue weighted by atomic mass is 19.1. The first kappa shape index (κ1) is 23.3. The molecule has 1 amide bonds. The van der Waals surface area contributed by atoms with E-state index in [-0.39, 0.29) is 17.3 Å². The average molecular weight is 475 g/mol. The zero-order chi connectivity index (χ0) is 24.6. The van der Waals surface area contributed by atoms with Crippen molar-refractivity contribution < 1.29 is 28.6 Å². The predicted octanol–water partition coefficient (Wildman–Crippen LogP) is 3.33. The Hall–Kier alpha value is -3.83. The van der Waals surface area contributed by atoms with Crippen LogP contribution in [0, 0.1) is 5.92 Å². The SMILES string of the molecule is CC1C=CC(F)=C(n2nnn(C(=O)N(c3ccc(C(=O)O)c(O)c3)C3CCCCC3)c2=O)C1F. The van der Waals surface area contributed by atoms with Gasteiger partial charge >= 0.3 is 17.7 Å². The van der Waals surface area contributed by atoms with Crippen molar-refractivity contribution in [1.82, 2.24) is 19.8 Å². The molecule has 0 spiro atoms. The highest BCUT2D eigenvalue weighted by Gasteiger charge is 2.34. The summed E-state index contributed by atoms with van der Waals surface area (Å²) in [6, 6.07) is 2.33. The van der Waals surface area contributed by atoms with Gasteiger partial charge in [-0.1, -0.05) is 32.3 Å². The molecule has 1 saturated carbocycles. The fourth-order valence-corrected chi connectivity index (χ4v) is 4.30. The maximum atomic E-state index is 14.7. The van der Waals surface area contributed by atoms with Gasteiger partial charge in [0, 0.05) is 23.7 Å². The highest BCUT2D eigenvalue weighted by molar-refractivity contribution is 5.96. The number of alkyl halides is 1. The first-order valence-electron chi connectivity index (χ1n) is 10.9. The van der Waals surface area contributed by atoms with Crippen molar-refractivity contribution in [3.8, 4) is 5.75 Å². The number of benzene rings is 1. The first-order valence-corrected chi connectivity index (χ1v) is 10.9. The number of anilines is 1. The van der Waals surface area contributed by atoms with E-state index in [4.69, 9.17) is 0 Å². The molecule has 1 heterocycles. The minimum Gasteiger partial charge on any atom is -0.507 e. The number of aromatic nitrogens is 4. The largest absolute Gasteiger partial charge is 0.507 e. The fraction of sp³-hybridized carbons (Fsp3) is 0.409. The lowest BCUT2D eigenvalue weighted by Crippen LogP contribution is -2.47. The Morgan fingerprint density at radius 3 is 2.53 bits per heavy atom. The molecule has 1 aromatic carbocycles. The van der Waals surface area contributed by atoms with Gasteiger partial charge < -0.3 is 10.2 Å². The molecule has 1 aromatic heterocycles. The number of aromatic hydroxyl groups is 1. The van der Waals surface area contributed by atoms with Crippen LogP contribution in [0.1, 0.15) is 49.4 Å². The Kier molecular flexibility index (Phi) is 6.31. The number of aromatic carboxylic acids is 1. The van der Waals surface area contributed by atoms with Crippen LogP contribution in [-0.2, 0) is 0 Å². The number of halogens is 2. The summed E-state index contributed by atoms with van der Waals surface area (Å²) >= 11 is 0. The Balaban J connectivity index is 1.76. The van der Waals surface area contributed by atoms with Crippen LogP contribution >= 0.6 is 0 Å². The quantitative estimate of drug-likeness (QED) is 0.649. The van der Waals surface area contributed by atoms with Crippen LogP contribution in [-0.4, -0.2) is 54.2 Å². The Bertz CT molecular complexity index is 1240. The molecule has 2 aliphatic rings. The minimum atomic E-state index is -1.86. The number of tetrazole rings is 1. The van der Waals surface area contributed by atoms with Crippen LogP contribution in [0.15, 0.2) is 41.0 Å². The smallest absolute Gasteiger partial charge is 0.377 e. The third-order valence-corrected chi connectivity index (χ3v) is 6.14. The topological polar surface area (TPSA) is 131 Å². The number of hydrogen-bond acceptors (Lipinski definition) is 6. The second-order valence-electron chi connectivity index (χ2n) is 8.39. The van der Waals surface area contributed by atoms with Crippen LogP contribution in [0.25, 0.3) is 5.70 Å². The van der Waals surface area contributed by atoms with Gasteiger partial charge in [0.25, 0.3) is 0 Å². The summed E-state index contributed by atoms with van der Waals surface area (Å²) in [6.45, 7) is 1.51. The van der Waals surface area contributed by atoms with E-state index in [0.717, 1.165) is 37.5 Å². The normalized spacial score (nSPS) is 21.0. The van der Waals surface area contributed by atoms with E-state index in [9.17, 15) is 33.4 Å². The van der Waals surface area contributed by atoms with Gasteiger partial charge in [0.15, 0.2) is 6.17 Å². The van der Waals surface area contributed by atoms with E-state index in [2.05, 4.69) is 10.4 Å². The molecule has 10 nitrogen and oxygen atoms in total. The van der Waals surface area contributed by atoms with Crippen molar-refractivity contribution in [3.05, 3.63) is 52.2 Å². The second-order valence-corrected chi connectivity index (χ2v) is 8.39. The number of carboxylic acids is 1. The van der Waals surface area contributed by atoms with Crippen LogP contribution in [0.4, 0.5) is 19.3 Å². The van der Waals surface area contributed by atoms with E-state index in [1.165, 1.54) is 24.0 Å². The van der Waals surface area contributed by atoms with Crippen molar-refractivity contribution in [2.75, 3.05) is 4.90 Å². The standard InChI is InChI=1S/C22H23F2N5O5/c1-12-7-10-16(23)19(18(12)24)28-22(34)29(26-25-28)21(33)27(13-5-3-2-4-6-13)14-8-9-15(20(31)32)17(30)11-14/h7-13,18,30H,2-6H2,1H3,(H,31,32). The zero-order valence-corrected chi connectivity index (χ0v) is 18.3. The van der Waals surface area contributed by atoms with Crippen LogP contribution in [0.2, 0.25) is 0 Å². The third kappa shape index (κ3) is 4.11. The number of hydrogen-bond donors (Lipinski definition) is 2. The lowest BCUT2D eigenvalue weighted by atomic mass is 9.94. The summed E-state index contributed by atoms with van der Waals surface area (Å²) in [4.78, 5) is 38.9. The van der Waals surface area contributed by atoms with Gasteiger partial charge in [-0.3, -0.25) is 4.90 Å². The molecular weight excluding hydrogens is 452 g/mol. The molecule has 0 bridgehead atoms. The van der Waals surface area contributed by atoms with Gasteiger partial charge in [0.2, 0.25) is 0 Å². The van der Waals surface area contributed by atoms with Gasteiger partial charge in [0.1, 0.15) is 22.8 Å². The first-order chi connectivity index (χ1) is 16.2. The number of carboxylic acid groups (broad SMARTS) is 1. The minimum absolute atomic E-state index is 0.156. The molecule has 2 aliphatic carbocycles. The molecule has 0 saturated heterocycles. The van der Waals surface area contributed by atoms with Crippen molar-refractivity contribution in [3.63, 3.8) is 0 Å². The van der Waals surface area contributed by atoms with E-state index in [0.29, 0.717) is 22.2 Å². The summed E-state index contributed by atoms with van der Waals surface area (Å²) in [6.07, 6.45) is 4.30. The summed E-state index contributed by atoms with van der Waals surface area (Å²) in [5, 5.41) is 26.5. The maximum absolute atomic E-state index is 14.7. The molecule has 34 heavy (non-hydrogen) atoms. The van der Waals surface area contributed by atoms with Crippen molar-refractivity contribution in [2.24, 2.45) is 5.92 Å². The molecular formula is C22H23F2N5O5. The Morgan fingerprint density at radius 2 is 1.88 bits per heavy atom. The van der Waals surface area contributed by atoms with Gasteiger partial charge in [-0.2, -0.15) is 4.68 Å². The van der Waals surface area contributed by atoms with E-state index >= 15 is 0 Å². The van der Waals surface area contributed by atoms with Gasteiger partial charge in [-0.25, -0.2) is 23.2 Å². The van der Waals surface area contributed by atoms with Gasteiger partial charge in [-0.05, 0) is 41.5 Å². The van der Waals surface area contributed by atoms with E-state index < -0.39 is 47.1 Å². The van der Waals surface area contributed by atoms with E-state index in [1.807, 2.05) is 0 Å². The average Bonchev–Trinajstić information content (AvgIpc) is 3.18. The number of nitrogens with zero attached hydrogens (tertiary/aromatic N) is 5. The number of carbonyl (C=O) groups is 2. The summed E-state index contributed by atoms with van der Waals surface area (Å²) < 4.78 is 29.9. The number of amides is 1. The van der Waals surface area contributed by atoms with Gasteiger partial charge in [-0.15, -0.1) is 4.68 Å². The number of carbonyl (C=O) groups excluding carboxylic acids is 1. The highest BCUT2D eigenvalue weighted by Crippen LogP contribution is 2.32. The second kappa shape index (κ2) is 9.20. The molecule has 0 radical (unpaired) electrons. The molecule has 0 aliphatic heterocycles. The maximum Gasteiger partial charge on any atom is 0.377 e. The van der Waals surface area contributed by atoms with E-state index in [1.54, 1.807) is 0 Å². The molecule has 2 aromatic rings. The summed E-state index contributed by atoms with van der Waals surface area (Å²) in [5.41, 5.74) is -1.97. The summed E-state index contributed by atoms with van der Waals surface area (Å²) in [7, 11) is 0. The summed E-state index contributed by atoms with van der Waals surface area (Å²) in [5.74, 6) is -3.60. The van der Waals surface area contributed by atoms with Crippen molar-refractivity contribution in [1.29, 1.82) is 0 Å². The van der Waals surface area contributed by atoms with Crippen LogP contribution in [0.5, 0.6) is 5.75 Å². The number of rotatable bonds is 4. The lowest BCUT2D eigenvalue weighted by Gasteiger charge is -2.33. The fourth-order valence-electron chi connectivity index (χ4n) is 4.30. The molecule has 2 atom stereocenters. The Morgan fingerprint density at radius 1 is 1.18 bits per heavy atom. The molecule has 2 N–H and O–H groups in total. The third-order valence-electron chi connectivity index (χ3n) is 6.14. The van der Waals surface area contributed by atoms with Crippen LogP contribution in [0.3, 0.4) is 0 Å². The molecule has 12 heteroatoms. The van der Waals surface area contributed by atoms with Crippen molar-refractivity contribution in [2.45, 2.75) is 51.2 Å². The number of phenols is 1. The molecule has 1 fully saturated rings. The lowest BCUT2D eigenvalue weighted by molar-refractivity contribution is 0.0693. The van der Waals surface area contributed by atoms with Crippen molar-refractivity contribution >= 4 is 23.4 Å². The molecule has 4 rings (SSSR count). The zero-order valence-electron chi connectivity index (χ0n) is 18.3. The van der Waals surface area contributed by atoms with Gasteiger partial charge in [0.05, 0.1) is 0 Å². The predicted molar refractivity (Wildman–Crippen MR) is 117 cm³/mol. The molecule has 180 valence electrons. The molecule has 2 unspecified atom stereocenters. The monoisotopic (exact) mass is 475 g/mol. The van der Waals surface area contributed by atoms with Crippen LogP contribution < -0.4 is 10.6 Å².